The van der Waals surface area contributed by atoms with E-state index >= 15 is 0 Å². The first-order chi connectivity index (χ1) is 7.81. The lowest BCUT2D eigenvalue weighted by Crippen LogP contribution is -2.07. The van der Waals surface area contributed by atoms with Crippen molar-refractivity contribution in [2.75, 3.05) is 6.61 Å². The van der Waals surface area contributed by atoms with Crippen molar-refractivity contribution in [3.05, 3.63) is 36.2 Å². The van der Waals surface area contributed by atoms with Gasteiger partial charge in [-0.05, 0) is 24.3 Å². The molecular weight excluding hydrogens is 208 g/mol. The van der Waals surface area contributed by atoms with E-state index < -0.39 is 5.97 Å². The summed E-state index contributed by atoms with van der Waals surface area (Å²) in [5.41, 5.74) is 0.741. The zero-order valence-electron chi connectivity index (χ0n) is 8.70. The van der Waals surface area contributed by atoms with E-state index in [0.717, 1.165) is 5.69 Å². The highest BCUT2D eigenvalue weighted by Gasteiger charge is 2.13. The van der Waals surface area contributed by atoms with Gasteiger partial charge in [0.05, 0.1) is 12.3 Å². The van der Waals surface area contributed by atoms with Gasteiger partial charge in [0.25, 0.3) is 5.82 Å². The van der Waals surface area contributed by atoms with E-state index in [1.54, 1.807) is 6.92 Å². The van der Waals surface area contributed by atoms with Crippen molar-refractivity contribution in [1.82, 2.24) is 20.2 Å². The Morgan fingerprint density at radius 3 is 2.81 bits per heavy atom. The first-order valence-corrected chi connectivity index (χ1v) is 4.84. The molecule has 82 valence electrons. The lowest BCUT2D eigenvalue weighted by Gasteiger charge is -1.96. The lowest BCUT2D eigenvalue weighted by atomic mass is 10.3. The van der Waals surface area contributed by atoms with Gasteiger partial charge in [-0.15, -0.1) is 15.0 Å². The minimum atomic E-state index is -0.565. The van der Waals surface area contributed by atoms with Crippen LogP contribution in [0.25, 0.3) is 5.69 Å². The minimum absolute atomic E-state index is 0.0364. The zero-order valence-corrected chi connectivity index (χ0v) is 8.70. The number of hydrogen-bond acceptors (Lipinski definition) is 5. The van der Waals surface area contributed by atoms with Gasteiger partial charge in [-0.2, -0.15) is 0 Å². The summed E-state index contributed by atoms with van der Waals surface area (Å²) in [6.07, 6.45) is 0. The number of esters is 1. The normalized spacial score (nSPS) is 10.1. The Morgan fingerprint density at radius 2 is 2.12 bits per heavy atom. The van der Waals surface area contributed by atoms with Crippen molar-refractivity contribution in [2.24, 2.45) is 0 Å². The Kier molecular flexibility index (Phi) is 2.90. The molecule has 0 amide bonds. The lowest BCUT2D eigenvalue weighted by molar-refractivity contribution is 0.0512. The van der Waals surface area contributed by atoms with Gasteiger partial charge < -0.3 is 4.74 Å². The Hall–Kier alpha value is -2.24. The maximum absolute atomic E-state index is 11.3. The molecule has 0 aliphatic carbocycles. The average molecular weight is 218 g/mol. The Labute approximate surface area is 91.8 Å². The van der Waals surface area contributed by atoms with Gasteiger partial charge in [-0.1, -0.05) is 18.2 Å². The molecule has 0 unspecified atom stereocenters. The largest absolute Gasteiger partial charge is 0.460 e. The van der Waals surface area contributed by atoms with E-state index in [1.165, 1.54) is 4.80 Å². The zero-order chi connectivity index (χ0) is 11.4. The molecule has 2 rings (SSSR count). The molecule has 1 aromatic heterocycles. The van der Waals surface area contributed by atoms with Crippen molar-refractivity contribution in [1.29, 1.82) is 0 Å². The Balaban J connectivity index is 2.23. The third-order valence-electron chi connectivity index (χ3n) is 1.86. The molecule has 0 spiro atoms. The molecule has 1 aromatic carbocycles. The van der Waals surface area contributed by atoms with Crippen LogP contribution in [0.2, 0.25) is 0 Å². The molecular formula is C10H10N4O2. The van der Waals surface area contributed by atoms with Crippen molar-refractivity contribution in [2.45, 2.75) is 6.92 Å². The van der Waals surface area contributed by atoms with E-state index in [2.05, 4.69) is 15.4 Å². The second kappa shape index (κ2) is 4.52. The predicted molar refractivity (Wildman–Crippen MR) is 55.1 cm³/mol. The molecule has 16 heavy (non-hydrogen) atoms. The minimum Gasteiger partial charge on any atom is -0.460 e. The molecule has 6 nitrogen and oxygen atoms in total. The number of carbonyl (C=O) groups is 1. The number of nitrogens with zero attached hydrogens (tertiary/aromatic N) is 4. The fourth-order valence-electron chi connectivity index (χ4n) is 1.16. The summed E-state index contributed by atoms with van der Waals surface area (Å²) in [6.45, 7) is 2.01. The second-order valence-electron chi connectivity index (χ2n) is 2.96. The number of rotatable bonds is 3. The van der Waals surface area contributed by atoms with Gasteiger partial charge in [0.2, 0.25) is 0 Å². The highest BCUT2D eigenvalue weighted by atomic mass is 16.5. The Bertz CT molecular complexity index is 481. The molecule has 0 fully saturated rings. The topological polar surface area (TPSA) is 69.9 Å². The molecule has 6 heteroatoms. The number of ether oxygens (including phenoxy) is 1. The summed E-state index contributed by atoms with van der Waals surface area (Å²) in [6, 6.07) is 9.21. The van der Waals surface area contributed by atoms with E-state index in [1.807, 2.05) is 30.3 Å². The highest BCUT2D eigenvalue weighted by molar-refractivity contribution is 5.84. The summed E-state index contributed by atoms with van der Waals surface area (Å²) >= 11 is 0. The van der Waals surface area contributed by atoms with E-state index in [-0.39, 0.29) is 5.82 Å². The molecule has 0 aliphatic heterocycles. The van der Waals surface area contributed by atoms with Crippen molar-refractivity contribution in [3.8, 4) is 5.69 Å². The molecule has 0 bridgehead atoms. The summed E-state index contributed by atoms with van der Waals surface area (Å²) < 4.78 is 4.76. The van der Waals surface area contributed by atoms with E-state index in [4.69, 9.17) is 4.74 Å². The standard InChI is InChI=1S/C10H10N4O2/c1-2-16-10(15)9-11-13-14(12-9)8-6-4-3-5-7-8/h3-7H,2H2,1H3. The number of para-hydroxylation sites is 1. The van der Waals surface area contributed by atoms with Crippen LogP contribution in [0.5, 0.6) is 0 Å². The van der Waals surface area contributed by atoms with Crippen LogP contribution >= 0.6 is 0 Å². The van der Waals surface area contributed by atoms with Gasteiger partial charge in [0.1, 0.15) is 0 Å². The molecule has 0 saturated heterocycles. The molecule has 0 atom stereocenters. The summed E-state index contributed by atoms with van der Waals surface area (Å²) in [4.78, 5) is 12.6. The van der Waals surface area contributed by atoms with Crippen LogP contribution in [0.15, 0.2) is 30.3 Å². The SMILES string of the molecule is CCOC(=O)c1nnn(-c2ccccc2)n1. The third kappa shape index (κ3) is 2.05. The first kappa shape index (κ1) is 10.3. The Morgan fingerprint density at radius 1 is 1.38 bits per heavy atom. The van der Waals surface area contributed by atoms with Gasteiger partial charge in [0, 0.05) is 0 Å². The monoisotopic (exact) mass is 218 g/mol. The maximum atomic E-state index is 11.3. The molecule has 2 aromatic rings. The number of aromatic nitrogens is 4. The third-order valence-corrected chi connectivity index (χ3v) is 1.86. The van der Waals surface area contributed by atoms with Gasteiger partial charge in [0.15, 0.2) is 0 Å². The van der Waals surface area contributed by atoms with E-state index in [9.17, 15) is 4.79 Å². The van der Waals surface area contributed by atoms with Crippen LogP contribution in [0.4, 0.5) is 0 Å². The summed E-state index contributed by atoms with van der Waals surface area (Å²) in [5, 5.41) is 11.3. The summed E-state index contributed by atoms with van der Waals surface area (Å²) in [7, 11) is 0. The maximum Gasteiger partial charge on any atom is 0.380 e. The van der Waals surface area contributed by atoms with Crippen LogP contribution in [0.1, 0.15) is 17.5 Å². The number of tetrazole rings is 1. The smallest absolute Gasteiger partial charge is 0.380 e. The molecule has 0 N–H and O–H groups in total. The fraction of sp³-hybridized carbons (Fsp3) is 0.200. The van der Waals surface area contributed by atoms with Gasteiger partial charge in [-0.3, -0.25) is 0 Å². The highest BCUT2D eigenvalue weighted by Crippen LogP contribution is 2.03. The molecule has 0 aliphatic rings. The van der Waals surface area contributed by atoms with Crippen LogP contribution in [0, 0.1) is 0 Å². The van der Waals surface area contributed by atoms with Gasteiger partial charge in [-0.25, -0.2) is 4.79 Å². The molecule has 0 saturated carbocycles. The summed E-state index contributed by atoms with van der Waals surface area (Å²) in [5.74, 6) is -0.601. The first-order valence-electron chi connectivity index (χ1n) is 4.84. The molecule has 1 heterocycles. The predicted octanol–water partition coefficient (Wildman–Crippen LogP) is 0.839. The van der Waals surface area contributed by atoms with E-state index in [0.29, 0.717) is 6.61 Å². The molecule has 0 radical (unpaired) electrons. The fourth-order valence-corrected chi connectivity index (χ4v) is 1.16. The van der Waals surface area contributed by atoms with Crippen molar-refractivity contribution < 1.29 is 9.53 Å². The van der Waals surface area contributed by atoms with Crippen LogP contribution in [-0.2, 0) is 4.74 Å². The quantitative estimate of drug-likeness (QED) is 0.714. The van der Waals surface area contributed by atoms with Gasteiger partial charge >= 0.3 is 5.97 Å². The number of benzene rings is 1. The van der Waals surface area contributed by atoms with Crippen molar-refractivity contribution >= 4 is 5.97 Å². The number of hydrogen-bond donors (Lipinski definition) is 0. The second-order valence-corrected chi connectivity index (χ2v) is 2.96. The van der Waals surface area contributed by atoms with Crippen LogP contribution < -0.4 is 0 Å². The van der Waals surface area contributed by atoms with Crippen molar-refractivity contribution in [3.63, 3.8) is 0 Å². The van der Waals surface area contributed by atoms with Crippen LogP contribution in [0.3, 0.4) is 0 Å². The number of carbonyl (C=O) groups excluding carboxylic acids is 1. The van der Waals surface area contributed by atoms with Crippen LogP contribution in [-0.4, -0.2) is 32.8 Å². The average Bonchev–Trinajstić information content (AvgIpc) is 2.80.